The highest BCUT2D eigenvalue weighted by atomic mass is 32.1. The molecule has 0 radical (unpaired) electrons. The van der Waals surface area contributed by atoms with Crippen molar-refractivity contribution < 1.29 is 19.1 Å². The van der Waals surface area contributed by atoms with Gasteiger partial charge in [-0.2, -0.15) is 0 Å². The lowest BCUT2D eigenvalue weighted by Crippen LogP contribution is -2.40. The number of benzene rings is 3. The van der Waals surface area contributed by atoms with Gasteiger partial charge >= 0.3 is 5.97 Å². The lowest BCUT2D eigenvalue weighted by atomic mass is 9.95. The molecule has 2 aromatic heterocycles. The van der Waals surface area contributed by atoms with Crippen molar-refractivity contribution in [1.82, 2.24) is 9.13 Å². The molecule has 0 fully saturated rings. The highest BCUT2D eigenvalue weighted by Crippen LogP contribution is 2.32. The third-order valence-electron chi connectivity index (χ3n) is 7.95. The third-order valence-corrected chi connectivity index (χ3v) is 8.94. The number of carbonyl (C=O) groups excluding carboxylic acids is 2. The van der Waals surface area contributed by atoms with Gasteiger partial charge in [-0.15, -0.1) is 0 Å². The minimum atomic E-state index is -0.718. The number of fused-ring (bicyclic) bond motifs is 2. The molecule has 5 aromatic rings. The van der Waals surface area contributed by atoms with Crippen LogP contribution in [-0.4, -0.2) is 34.2 Å². The predicted octanol–water partition coefficient (Wildman–Crippen LogP) is 5.10. The largest absolute Gasteiger partial charge is 0.494 e. The SMILES string of the molecule is CCOC(=O)Cn1c(C)c(/C=c2/sc3n(c2=O)[C@@H](c2ccc(OCC)cc2)C(C(=O)Nc2ccccc2)=C(C)N=3)c2ccccc21. The zero-order valence-corrected chi connectivity index (χ0v) is 26.9. The zero-order chi connectivity index (χ0) is 32.4. The van der Waals surface area contributed by atoms with Gasteiger partial charge in [-0.05, 0) is 69.7 Å². The molecule has 3 aromatic carbocycles. The summed E-state index contributed by atoms with van der Waals surface area (Å²) in [6, 6.07) is 23.7. The van der Waals surface area contributed by atoms with Gasteiger partial charge in [0, 0.05) is 27.8 Å². The average Bonchev–Trinajstić information content (AvgIpc) is 3.49. The van der Waals surface area contributed by atoms with Gasteiger partial charge in [0.25, 0.3) is 11.5 Å². The van der Waals surface area contributed by atoms with Crippen LogP contribution in [0, 0.1) is 6.92 Å². The van der Waals surface area contributed by atoms with Crippen molar-refractivity contribution in [2.24, 2.45) is 4.99 Å². The van der Waals surface area contributed by atoms with E-state index in [0.717, 1.165) is 27.7 Å². The quantitative estimate of drug-likeness (QED) is 0.227. The van der Waals surface area contributed by atoms with Gasteiger partial charge in [-0.25, -0.2) is 4.99 Å². The number of aromatic nitrogens is 2. The normalized spacial score (nSPS) is 14.6. The summed E-state index contributed by atoms with van der Waals surface area (Å²) in [4.78, 5) is 45.9. The van der Waals surface area contributed by atoms with Gasteiger partial charge < -0.3 is 19.4 Å². The summed E-state index contributed by atoms with van der Waals surface area (Å²) in [5.74, 6) is 0.0345. The molecule has 1 amide bonds. The van der Waals surface area contributed by atoms with Crippen molar-refractivity contribution in [3.05, 3.63) is 127 Å². The van der Waals surface area contributed by atoms with Crippen LogP contribution in [0.5, 0.6) is 5.75 Å². The number of para-hydroxylation sites is 2. The van der Waals surface area contributed by atoms with Crippen LogP contribution < -0.4 is 24.9 Å². The summed E-state index contributed by atoms with van der Waals surface area (Å²) < 4.78 is 14.9. The first-order chi connectivity index (χ1) is 22.3. The van der Waals surface area contributed by atoms with Crippen LogP contribution in [0.15, 0.2) is 99.9 Å². The fourth-order valence-electron chi connectivity index (χ4n) is 5.87. The van der Waals surface area contributed by atoms with Crippen molar-refractivity contribution in [2.45, 2.75) is 40.3 Å². The Morgan fingerprint density at radius 1 is 0.957 bits per heavy atom. The van der Waals surface area contributed by atoms with Gasteiger partial charge in [-0.1, -0.05) is 59.9 Å². The highest BCUT2D eigenvalue weighted by Gasteiger charge is 2.32. The number of nitrogens with one attached hydrogen (secondary N) is 1. The third kappa shape index (κ3) is 5.79. The zero-order valence-electron chi connectivity index (χ0n) is 26.1. The predicted molar refractivity (Wildman–Crippen MR) is 180 cm³/mol. The van der Waals surface area contributed by atoms with Gasteiger partial charge in [-0.3, -0.25) is 19.0 Å². The average molecular weight is 635 g/mol. The van der Waals surface area contributed by atoms with E-state index in [2.05, 4.69) is 5.32 Å². The number of carbonyl (C=O) groups is 2. The van der Waals surface area contributed by atoms with Crippen LogP contribution in [0.4, 0.5) is 5.69 Å². The van der Waals surface area contributed by atoms with Crippen molar-refractivity contribution in [2.75, 3.05) is 18.5 Å². The van der Waals surface area contributed by atoms with E-state index < -0.39 is 6.04 Å². The van der Waals surface area contributed by atoms with E-state index in [1.165, 1.54) is 11.3 Å². The van der Waals surface area contributed by atoms with Gasteiger partial charge in [0.05, 0.1) is 35.1 Å². The molecule has 0 unspecified atom stereocenters. The van der Waals surface area contributed by atoms with Crippen LogP contribution in [0.2, 0.25) is 0 Å². The van der Waals surface area contributed by atoms with Crippen LogP contribution in [0.3, 0.4) is 0 Å². The molecule has 6 rings (SSSR count). The topological polar surface area (TPSA) is 104 Å². The van der Waals surface area contributed by atoms with E-state index in [4.69, 9.17) is 14.5 Å². The first-order valence-electron chi connectivity index (χ1n) is 15.2. The minimum Gasteiger partial charge on any atom is -0.494 e. The standard InChI is InChI=1S/C36H34N4O5S/c1-5-44-26-18-16-24(17-19-26)33-32(34(42)38-25-12-8-7-9-13-25)22(3)37-36-40(33)35(43)30(46-36)20-28-23(4)39(21-31(41)45-6-2)29-15-11-10-14-27(28)29/h7-20,33H,5-6,21H2,1-4H3,(H,38,42)/b30-20+/t33-/m0/s1. The first kappa shape index (κ1) is 30.8. The van der Waals surface area contributed by atoms with Crippen LogP contribution in [0.1, 0.15) is 43.6 Å². The van der Waals surface area contributed by atoms with Crippen molar-refractivity contribution in [3.8, 4) is 5.75 Å². The molecule has 0 saturated heterocycles. The lowest BCUT2D eigenvalue weighted by molar-refractivity contribution is -0.143. The maximum Gasteiger partial charge on any atom is 0.325 e. The number of hydrogen-bond donors (Lipinski definition) is 1. The molecule has 0 bridgehead atoms. The summed E-state index contributed by atoms with van der Waals surface area (Å²) in [6.07, 6.45) is 1.86. The maximum atomic E-state index is 14.3. The molecule has 9 nitrogen and oxygen atoms in total. The maximum absolute atomic E-state index is 14.3. The van der Waals surface area contributed by atoms with E-state index in [1.807, 2.05) is 103 Å². The van der Waals surface area contributed by atoms with Gasteiger partial charge in [0.15, 0.2) is 4.80 Å². The second-order valence-corrected chi connectivity index (χ2v) is 11.8. The number of amides is 1. The molecular formula is C36H34N4O5S. The summed E-state index contributed by atoms with van der Waals surface area (Å²) in [6.45, 7) is 8.31. The lowest BCUT2D eigenvalue weighted by Gasteiger charge is -2.25. The molecule has 46 heavy (non-hydrogen) atoms. The smallest absolute Gasteiger partial charge is 0.325 e. The minimum absolute atomic E-state index is 0.0616. The number of thiazole rings is 1. The summed E-state index contributed by atoms with van der Waals surface area (Å²) >= 11 is 1.27. The number of ether oxygens (including phenoxy) is 2. The van der Waals surface area contributed by atoms with E-state index >= 15 is 0 Å². The molecule has 0 saturated carbocycles. The molecular weight excluding hydrogens is 600 g/mol. The Morgan fingerprint density at radius 2 is 1.67 bits per heavy atom. The molecule has 0 aliphatic carbocycles. The molecule has 3 heterocycles. The second kappa shape index (κ2) is 13.0. The fraction of sp³-hybridized carbons (Fsp3) is 0.222. The van der Waals surface area contributed by atoms with Gasteiger partial charge in [0.1, 0.15) is 12.3 Å². The molecule has 1 aliphatic rings. The van der Waals surface area contributed by atoms with E-state index in [9.17, 15) is 14.4 Å². The Kier molecular flexibility index (Phi) is 8.72. The van der Waals surface area contributed by atoms with E-state index in [1.54, 1.807) is 18.4 Å². The van der Waals surface area contributed by atoms with Crippen molar-refractivity contribution in [1.29, 1.82) is 0 Å². The van der Waals surface area contributed by atoms with Crippen LogP contribution in [-0.2, 0) is 20.9 Å². The summed E-state index contributed by atoms with van der Waals surface area (Å²) in [7, 11) is 0. The Balaban J connectivity index is 1.51. The monoisotopic (exact) mass is 634 g/mol. The second-order valence-electron chi connectivity index (χ2n) is 10.8. The molecule has 1 atom stereocenters. The molecule has 234 valence electrons. The first-order valence-corrected chi connectivity index (χ1v) is 16.0. The molecule has 1 aliphatic heterocycles. The number of rotatable bonds is 9. The van der Waals surface area contributed by atoms with E-state index in [-0.39, 0.29) is 24.0 Å². The summed E-state index contributed by atoms with van der Waals surface area (Å²) in [5, 5.41) is 3.90. The van der Waals surface area contributed by atoms with E-state index in [0.29, 0.717) is 45.3 Å². The number of esters is 1. The highest BCUT2D eigenvalue weighted by molar-refractivity contribution is 7.07. The number of anilines is 1. The fourth-order valence-corrected chi connectivity index (χ4v) is 6.90. The Morgan fingerprint density at radius 3 is 2.39 bits per heavy atom. The van der Waals surface area contributed by atoms with Crippen LogP contribution in [0.25, 0.3) is 17.0 Å². The van der Waals surface area contributed by atoms with Crippen molar-refractivity contribution >= 4 is 45.9 Å². The van der Waals surface area contributed by atoms with Crippen molar-refractivity contribution in [3.63, 3.8) is 0 Å². The van der Waals surface area contributed by atoms with Gasteiger partial charge in [0.2, 0.25) is 0 Å². The number of allylic oxidation sites excluding steroid dienone is 1. The molecule has 0 spiro atoms. The van der Waals surface area contributed by atoms with Crippen LogP contribution >= 0.6 is 11.3 Å². The molecule has 1 N–H and O–H groups in total. The Bertz CT molecular complexity index is 2160. The Hall–Kier alpha value is -5.22. The number of nitrogens with zero attached hydrogens (tertiary/aromatic N) is 3. The summed E-state index contributed by atoms with van der Waals surface area (Å²) in [5.41, 5.74) is 4.59. The Labute approximate surface area is 269 Å². The molecule has 10 heteroatoms. The number of hydrogen-bond acceptors (Lipinski definition) is 7.